The van der Waals surface area contributed by atoms with Gasteiger partial charge in [-0.1, -0.05) is 0 Å². The summed E-state index contributed by atoms with van der Waals surface area (Å²) in [5.74, 6) is -2.18. The third-order valence-corrected chi connectivity index (χ3v) is 2.05. The fourth-order valence-electron chi connectivity index (χ4n) is 1.28. The van der Waals surface area contributed by atoms with Crippen molar-refractivity contribution in [2.75, 3.05) is 13.2 Å². The van der Waals surface area contributed by atoms with E-state index in [1.807, 2.05) is 0 Å². The molecule has 1 saturated heterocycles. The second kappa shape index (κ2) is 3.10. The van der Waals surface area contributed by atoms with Crippen LogP contribution < -0.4 is 0 Å². The molecule has 5 nitrogen and oxygen atoms in total. The Labute approximate surface area is 68.9 Å². The molecule has 1 atom stereocenters. The van der Waals surface area contributed by atoms with Gasteiger partial charge in [0.1, 0.15) is 5.41 Å². The molecule has 0 aromatic heterocycles. The van der Waals surface area contributed by atoms with Gasteiger partial charge in [-0.05, 0) is 6.42 Å². The van der Waals surface area contributed by atoms with Crippen LogP contribution in [0.1, 0.15) is 12.8 Å². The van der Waals surface area contributed by atoms with Gasteiger partial charge in [0.2, 0.25) is 0 Å². The maximum Gasteiger partial charge on any atom is 0.312 e. The molecule has 0 aliphatic carbocycles. The Kier molecular flexibility index (Phi) is 2.32. The van der Waals surface area contributed by atoms with Gasteiger partial charge in [0, 0.05) is 6.61 Å². The third-order valence-electron chi connectivity index (χ3n) is 2.05. The Morgan fingerprint density at radius 1 is 1.42 bits per heavy atom. The minimum atomic E-state index is -1.19. The summed E-state index contributed by atoms with van der Waals surface area (Å²) in [7, 11) is 0. The summed E-state index contributed by atoms with van der Waals surface area (Å²) in [5, 5.41) is 17.2. The molecule has 1 fully saturated rings. The van der Waals surface area contributed by atoms with E-state index in [0.717, 1.165) is 0 Å². The zero-order valence-electron chi connectivity index (χ0n) is 6.45. The summed E-state index contributed by atoms with van der Waals surface area (Å²) in [6, 6.07) is 0. The molecular formula is C7H10O5. The Bertz CT molecular complexity index is 204. The minimum Gasteiger partial charge on any atom is -0.481 e. The zero-order chi connectivity index (χ0) is 9.19. The molecule has 12 heavy (non-hydrogen) atoms. The minimum absolute atomic E-state index is 0.00856. The lowest BCUT2D eigenvalue weighted by molar-refractivity contribution is -0.155. The van der Waals surface area contributed by atoms with Crippen molar-refractivity contribution in [2.24, 2.45) is 5.41 Å². The van der Waals surface area contributed by atoms with Crippen LogP contribution in [0.4, 0.5) is 0 Å². The van der Waals surface area contributed by atoms with E-state index < -0.39 is 17.4 Å². The van der Waals surface area contributed by atoms with Crippen molar-refractivity contribution in [3.63, 3.8) is 0 Å². The van der Waals surface area contributed by atoms with E-state index in [9.17, 15) is 9.59 Å². The molecule has 1 rings (SSSR count). The standard InChI is InChI=1S/C7H10O5/c8-5(9)3-7(6(10)11)1-2-12-4-7/h1-4H2,(H,8,9)(H,10,11). The monoisotopic (exact) mass is 174 g/mol. The van der Waals surface area contributed by atoms with Gasteiger partial charge in [-0.3, -0.25) is 9.59 Å². The van der Waals surface area contributed by atoms with Gasteiger partial charge in [0.25, 0.3) is 0 Å². The maximum absolute atomic E-state index is 10.7. The molecule has 1 unspecified atom stereocenters. The predicted octanol–water partition coefficient (Wildman–Crippen LogP) is -0.0476. The fourth-order valence-corrected chi connectivity index (χ4v) is 1.28. The van der Waals surface area contributed by atoms with Crippen LogP contribution in [0.25, 0.3) is 0 Å². The molecule has 0 aromatic rings. The molecule has 0 spiro atoms. The topological polar surface area (TPSA) is 83.8 Å². The molecule has 1 heterocycles. The third kappa shape index (κ3) is 1.55. The molecule has 0 aromatic carbocycles. The van der Waals surface area contributed by atoms with Crippen LogP contribution >= 0.6 is 0 Å². The van der Waals surface area contributed by atoms with Crippen LogP contribution in [0.15, 0.2) is 0 Å². The number of rotatable bonds is 3. The lowest BCUT2D eigenvalue weighted by Crippen LogP contribution is -2.33. The molecule has 0 radical (unpaired) electrons. The highest BCUT2D eigenvalue weighted by Gasteiger charge is 2.44. The summed E-state index contributed by atoms with van der Waals surface area (Å²) >= 11 is 0. The van der Waals surface area contributed by atoms with E-state index in [1.54, 1.807) is 0 Å². The van der Waals surface area contributed by atoms with Gasteiger partial charge in [-0.2, -0.15) is 0 Å². The van der Waals surface area contributed by atoms with Crippen molar-refractivity contribution in [2.45, 2.75) is 12.8 Å². The van der Waals surface area contributed by atoms with Crippen LogP contribution in [0.2, 0.25) is 0 Å². The van der Waals surface area contributed by atoms with Gasteiger partial charge in [-0.25, -0.2) is 0 Å². The van der Waals surface area contributed by atoms with E-state index in [-0.39, 0.29) is 19.4 Å². The van der Waals surface area contributed by atoms with Crippen molar-refractivity contribution in [1.29, 1.82) is 0 Å². The number of aliphatic carboxylic acids is 2. The number of carbonyl (C=O) groups is 2. The average molecular weight is 174 g/mol. The first-order valence-corrected chi connectivity index (χ1v) is 3.60. The first kappa shape index (κ1) is 8.99. The van der Waals surface area contributed by atoms with Gasteiger partial charge in [0.05, 0.1) is 13.0 Å². The summed E-state index contributed by atoms with van der Waals surface area (Å²) < 4.78 is 4.88. The van der Waals surface area contributed by atoms with Gasteiger partial charge in [-0.15, -0.1) is 0 Å². The molecule has 1 aliphatic heterocycles. The Morgan fingerprint density at radius 2 is 2.08 bits per heavy atom. The number of carboxylic acid groups (broad SMARTS) is 2. The number of hydrogen-bond donors (Lipinski definition) is 2. The van der Waals surface area contributed by atoms with Crippen LogP contribution in [0, 0.1) is 5.41 Å². The molecule has 0 saturated carbocycles. The molecule has 5 heteroatoms. The lowest BCUT2D eigenvalue weighted by Gasteiger charge is -2.18. The maximum atomic E-state index is 10.7. The normalized spacial score (nSPS) is 28.7. The van der Waals surface area contributed by atoms with E-state index in [1.165, 1.54) is 0 Å². The summed E-state index contributed by atoms with van der Waals surface area (Å²) in [6.45, 7) is 0.341. The summed E-state index contributed by atoms with van der Waals surface area (Å²) in [4.78, 5) is 21.1. The van der Waals surface area contributed by atoms with Crippen LogP contribution in [-0.2, 0) is 14.3 Å². The molecule has 2 N–H and O–H groups in total. The molecule has 0 amide bonds. The van der Waals surface area contributed by atoms with E-state index in [4.69, 9.17) is 14.9 Å². The van der Waals surface area contributed by atoms with Crippen molar-refractivity contribution >= 4 is 11.9 Å². The van der Waals surface area contributed by atoms with Gasteiger partial charge in [0.15, 0.2) is 0 Å². The first-order chi connectivity index (χ1) is 5.57. The number of hydrogen-bond acceptors (Lipinski definition) is 3. The van der Waals surface area contributed by atoms with Crippen LogP contribution in [-0.4, -0.2) is 35.4 Å². The van der Waals surface area contributed by atoms with Crippen LogP contribution in [0.5, 0.6) is 0 Å². The largest absolute Gasteiger partial charge is 0.481 e. The summed E-state index contributed by atoms with van der Waals surface area (Å²) in [5.41, 5.74) is -1.19. The van der Waals surface area contributed by atoms with E-state index in [2.05, 4.69) is 0 Å². The summed E-state index contributed by atoms with van der Waals surface area (Å²) in [6.07, 6.45) is -0.0725. The van der Waals surface area contributed by atoms with Crippen molar-refractivity contribution in [3.05, 3.63) is 0 Å². The fraction of sp³-hybridized carbons (Fsp3) is 0.714. The molecule has 1 aliphatic rings. The Morgan fingerprint density at radius 3 is 2.42 bits per heavy atom. The van der Waals surface area contributed by atoms with Gasteiger partial charge < -0.3 is 14.9 Å². The second-order valence-corrected chi connectivity index (χ2v) is 2.96. The van der Waals surface area contributed by atoms with Crippen molar-refractivity contribution in [1.82, 2.24) is 0 Å². The lowest BCUT2D eigenvalue weighted by atomic mass is 9.84. The quantitative estimate of drug-likeness (QED) is 0.626. The van der Waals surface area contributed by atoms with Gasteiger partial charge >= 0.3 is 11.9 Å². The Balaban J connectivity index is 2.72. The van der Waals surface area contributed by atoms with Crippen molar-refractivity contribution < 1.29 is 24.5 Å². The first-order valence-electron chi connectivity index (χ1n) is 3.60. The predicted molar refractivity (Wildman–Crippen MR) is 37.8 cm³/mol. The smallest absolute Gasteiger partial charge is 0.312 e. The van der Waals surface area contributed by atoms with E-state index in [0.29, 0.717) is 6.61 Å². The highest BCUT2D eigenvalue weighted by molar-refractivity contribution is 5.81. The van der Waals surface area contributed by atoms with E-state index >= 15 is 0 Å². The molecule has 0 bridgehead atoms. The highest BCUT2D eigenvalue weighted by atomic mass is 16.5. The highest BCUT2D eigenvalue weighted by Crippen LogP contribution is 2.32. The molecule has 68 valence electrons. The van der Waals surface area contributed by atoms with Crippen LogP contribution in [0.3, 0.4) is 0 Å². The number of ether oxygens (including phenoxy) is 1. The zero-order valence-corrected chi connectivity index (χ0v) is 6.45. The number of carboxylic acids is 2. The van der Waals surface area contributed by atoms with Crippen molar-refractivity contribution in [3.8, 4) is 0 Å². The average Bonchev–Trinajstić information content (AvgIpc) is 2.35. The second-order valence-electron chi connectivity index (χ2n) is 2.96. The Hall–Kier alpha value is -1.10. The molecular weight excluding hydrogens is 164 g/mol. The SMILES string of the molecule is O=C(O)CC1(C(=O)O)CCOC1.